The highest BCUT2D eigenvalue weighted by Gasteiger charge is 2.25. The molecule has 3 rings (SSSR count). The largest absolute Gasteiger partial charge is 0.456 e. The predicted octanol–water partition coefficient (Wildman–Crippen LogP) is 3.86. The number of ketones is 1. The van der Waals surface area contributed by atoms with E-state index in [1.54, 1.807) is 54.6 Å². The van der Waals surface area contributed by atoms with Gasteiger partial charge in [0.1, 0.15) is 12.6 Å². The molecular formula is C25H22N2O7. The van der Waals surface area contributed by atoms with E-state index < -0.39 is 35.4 Å². The van der Waals surface area contributed by atoms with E-state index in [2.05, 4.69) is 5.32 Å². The first-order valence-corrected chi connectivity index (χ1v) is 10.4. The molecule has 9 heteroatoms. The molecule has 0 aliphatic rings. The van der Waals surface area contributed by atoms with Crippen molar-refractivity contribution < 1.29 is 28.8 Å². The van der Waals surface area contributed by atoms with E-state index in [4.69, 9.17) is 9.47 Å². The molecule has 9 nitrogen and oxygen atoms in total. The Balaban J connectivity index is 1.65. The number of alkyl carbamates (subject to hydrolysis) is 1. The summed E-state index contributed by atoms with van der Waals surface area (Å²) in [6.45, 7) is -0.501. The van der Waals surface area contributed by atoms with Crippen molar-refractivity contribution in [2.45, 2.75) is 19.1 Å². The summed E-state index contributed by atoms with van der Waals surface area (Å²) < 4.78 is 10.3. The molecule has 3 aromatic rings. The van der Waals surface area contributed by atoms with Crippen LogP contribution in [0.4, 0.5) is 10.5 Å². The zero-order valence-corrected chi connectivity index (χ0v) is 18.1. The molecule has 0 saturated heterocycles. The van der Waals surface area contributed by atoms with Gasteiger partial charge in [-0.05, 0) is 11.1 Å². The van der Waals surface area contributed by atoms with Crippen LogP contribution in [0.5, 0.6) is 0 Å². The lowest BCUT2D eigenvalue weighted by Crippen LogP contribution is -2.44. The molecule has 0 bridgehead atoms. The number of hydrogen-bond donors (Lipinski definition) is 1. The first-order valence-electron chi connectivity index (χ1n) is 10.4. The molecule has 0 aromatic heterocycles. The summed E-state index contributed by atoms with van der Waals surface area (Å²) in [5.74, 6) is -1.23. The van der Waals surface area contributed by atoms with Crippen molar-refractivity contribution >= 4 is 23.5 Å². The molecule has 1 N–H and O–H groups in total. The van der Waals surface area contributed by atoms with Gasteiger partial charge in [0.25, 0.3) is 5.69 Å². The molecule has 1 atom stereocenters. The van der Waals surface area contributed by atoms with E-state index in [0.29, 0.717) is 11.1 Å². The number of carbonyl (C=O) groups excluding carboxylic acids is 3. The number of carbonyl (C=O) groups is 3. The maximum atomic E-state index is 12.7. The number of hydrogen-bond acceptors (Lipinski definition) is 7. The van der Waals surface area contributed by atoms with Crippen LogP contribution in [-0.4, -0.2) is 35.4 Å². The fraction of sp³-hybridized carbons (Fsp3) is 0.160. The summed E-state index contributed by atoms with van der Waals surface area (Å²) in [4.78, 5) is 47.6. The van der Waals surface area contributed by atoms with Gasteiger partial charge in [0.2, 0.25) is 0 Å². The second kappa shape index (κ2) is 11.9. The highest BCUT2D eigenvalue weighted by atomic mass is 16.6. The van der Waals surface area contributed by atoms with Crippen LogP contribution in [0.15, 0.2) is 84.9 Å². The molecule has 0 fully saturated rings. The summed E-state index contributed by atoms with van der Waals surface area (Å²) in [5, 5.41) is 13.3. The Bertz CT molecular complexity index is 1130. The third kappa shape index (κ3) is 7.27. The summed E-state index contributed by atoms with van der Waals surface area (Å²) >= 11 is 0. The van der Waals surface area contributed by atoms with Crippen LogP contribution < -0.4 is 5.32 Å². The normalized spacial score (nSPS) is 11.2. The fourth-order valence-electron chi connectivity index (χ4n) is 3.03. The quantitative estimate of drug-likeness (QED) is 0.210. The van der Waals surface area contributed by atoms with Gasteiger partial charge >= 0.3 is 12.1 Å². The lowest BCUT2D eigenvalue weighted by molar-refractivity contribution is -0.384. The number of nitro groups is 1. The molecule has 3 aromatic carbocycles. The number of Topliss-reactive ketones (excluding diaryl/α,β-unsaturated/α-hetero) is 1. The molecule has 1 amide bonds. The smallest absolute Gasteiger partial charge is 0.408 e. The van der Waals surface area contributed by atoms with E-state index in [-0.39, 0.29) is 18.7 Å². The second-order valence-electron chi connectivity index (χ2n) is 7.28. The Morgan fingerprint density at radius 2 is 1.44 bits per heavy atom. The molecule has 174 valence electrons. The minimum Gasteiger partial charge on any atom is -0.456 e. The standard InChI is InChI=1S/C25H22N2O7/c28-23(20-9-5-2-6-10-20)17-33-24(29)22(15-18-11-13-21(14-12-18)27(31)32)26-25(30)34-16-19-7-3-1-4-8-19/h1-14,22H,15-17H2,(H,26,30)/t22-/m0/s1. The number of esters is 1. The van der Waals surface area contributed by atoms with E-state index in [1.165, 1.54) is 24.3 Å². The number of amides is 1. The molecular weight excluding hydrogens is 440 g/mol. The lowest BCUT2D eigenvalue weighted by atomic mass is 10.1. The number of non-ortho nitro benzene ring substituents is 1. The summed E-state index contributed by atoms with van der Waals surface area (Å²) in [6, 6.07) is 21.7. The molecule has 0 heterocycles. The number of nitrogens with zero attached hydrogens (tertiary/aromatic N) is 1. The third-order valence-corrected chi connectivity index (χ3v) is 4.82. The predicted molar refractivity (Wildman–Crippen MR) is 122 cm³/mol. The van der Waals surface area contributed by atoms with Crippen molar-refractivity contribution in [3.05, 3.63) is 112 Å². The van der Waals surface area contributed by atoms with E-state index in [1.807, 2.05) is 6.07 Å². The maximum Gasteiger partial charge on any atom is 0.408 e. The second-order valence-corrected chi connectivity index (χ2v) is 7.28. The van der Waals surface area contributed by atoms with Crippen molar-refractivity contribution in [2.24, 2.45) is 0 Å². The Morgan fingerprint density at radius 3 is 2.06 bits per heavy atom. The average Bonchev–Trinajstić information content (AvgIpc) is 2.87. The Kier molecular flexibility index (Phi) is 8.45. The van der Waals surface area contributed by atoms with Gasteiger partial charge in [0.05, 0.1) is 4.92 Å². The van der Waals surface area contributed by atoms with Gasteiger partial charge in [-0.15, -0.1) is 0 Å². The van der Waals surface area contributed by atoms with Gasteiger partial charge in [0.15, 0.2) is 12.4 Å². The number of ether oxygens (including phenoxy) is 2. The molecule has 0 unspecified atom stereocenters. The molecule has 0 aliphatic carbocycles. The van der Waals surface area contributed by atoms with Gasteiger partial charge in [-0.1, -0.05) is 72.8 Å². The van der Waals surface area contributed by atoms with Crippen LogP contribution in [0, 0.1) is 10.1 Å². The minimum atomic E-state index is -1.17. The van der Waals surface area contributed by atoms with Crippen LogP contribution in [0.3, 0.4) is 0 Å². The monoisotopic (exact) mass is 462 g/mol. The van der Waals surface area contributed by atoms with Crippen LogP contribution in [-0.2, 0) is 27.3 Å². The van der Waals surface area contributed by atoms with Crippen LogP contribution in [0.2, 0.25) is 0 Å². The van der Waals surface area contributed by atoms with Crippen LogP contribution in [0.1, 0.15) is 21.5 Å². The van der Waals surface area contributed by atoms with E-state index in [0.717, 1.165) is 5.56 Å². The summed E-state index contributed by atoms with van der Waals surface area (Å²) in [6.07, 6.45) is -0.862. The first kappa shape index (κ1) is 24.1. The Hall–Kier alpha value is -4.53. The van der Waals surface area contributed by atoms with Gasteiger partial charge in [-0.3, -0.25) is 14.9 Å². The highest BCUT2D eigenvalue weighted by Crippen LogP contribution is 2.14. The topological polar surface area (TPSA) is 125 Å². The summed E-state index contributed by atoms with van der Waals surface area (Å²) in [7, 11) is 0. The number of rotatable bonds is 10. The van der Waals surface area contributed by atoms with Crippen molar-refractivity contribution in [1.29, 1.82) is 0 Å². The van der Waals surface area contributed by atoms with Gasteiger partial charge in [0, 0.05) is 24.1 Å². The average molecular weight is 462 g/mol. The van der Waals surface area contributed by atoms with Crippen LogP contribution >= 0.6 is 0 Å². The zero-order valence-electron chi connectivity index (χ0n) is 18.1. The van der Waals surface area contributed by atoms with Crippen molar-refractivity contribution in [2.75, 3.05) is 6.61 Å². The first-order chi connectivity index (χ1) is 16.4. The number of nitrogens with one attached hydrogen (secondary N) is 1. The molecule has 0 radical (unpaired) electrons. The van der Waals surface area contributed by atoms with Crippen LogP contribution in [0.25, 0.3) is 0 Å². The third-order valence-electron chi connectivity index (χ3n) is 4.82. The Morgan fingerprint density at radius 1 is 0.824 bits per heavy atom. The van der Waals surface area contributed by atoms with E-state index >= 15 is 0 Å². The lowest BCUT2D eigenvalue weighted by Gasteiger charge is -2.17. The molecule has 34 heavy (non-hydrogen) atoms. The molecule has 0 saturated carbocycles. The van der Waals surface area contributed by atoms with Crippen molar-refractivity contribution in [3.8, 4) is 0 Å². The number of nitro benzene ring substituents is 1. The van der Waals surface area contributed by atoms with Gasteiger partial charge in [-0.2, -0.15) is 0 Å². The van der Waals surface area contributed by atoms with Gasteiger partial charge in [-0.25, -0.2) is 9.59 Å². The minimum absolute atomic E-state index is 0.00152. The summed E-state index contributed by atoms with van der Waals surface area (Å²) in [5.41, 5.74) is 1.59. The highest BCUT2D eigenvalue weighted by molar-refractivity contribution is 5.98. The zero-order chi connectivity index (χ0) is 24.3. The Labute approximate surface area is 195 Å². The number of benzene rings is 3. The fourth-order valence-corrected chi connectivity index (χ4v) is 3.03. The maximum absolute atomic E-state index is 12.7. The molecule has 0 spiro atoms. The van der Waals surface area contributed by atoms with Crippen molar-refractivity contribution in [3.63, 3.8) is 0 Å². The van der Waals surface area contributed by atoms with Crippen molar-refractivity contribution in [1.82, 2.24) is 5.32 Å². The molecule has 0 aliphatic heterocycles. The van der Waals surface area contributed by atoms with E-state index in [9.17, 15) is 24.5 Å². The van der Waals surface area contributed by atoms with Gasteiger partial charge < -0.3 is 14.8 Å². The SMILES string of the molecule is O=C(N[C@@H](Cc1ccc([N+](=O)[O-])cc1)C(=O)OCC(=O)c1ccccc1)OCc1ccccc1.